The Balaban J connectivity index is 4.30. The zero-order valence-electron chi connectivity index (χ0n) is 9.42. The molecule has 0 heterocycles. The van der Waals surface area contributed by atoms with Crippen molar-refractivity contribution in [1.29, 1.82) is 0 Å². The van der Waals surface area contributed by atoms with Gasteiger partial charge in [-0.3, -0.25) is 0 Å². The van der Waals surface area contributed by atoms with E-state index in [1.54, 1.807) is 0 Å². The predicted molar refractivity (Wildman–Crippen MR) is 58.5 cm³/mol. The molecule has 0 aliphatic heterocycles. The van der Waals surface area contributed by atoms with Crippen molar-refractivity contribution >= 4 is 23.9 Å². The normalized spacial score (nSPS) is 18.7. The summed E-state index contributed by atoms with van der Waals surface area (Å²) >= 11 is -3.19. The molecule has 4 N–H and O–H groups in total. The van der Waals surface area contributed by atoms with E-state index >= 15 is 0 Å². The van der Waals surface area contributed by atoms with Crippen molar-refractivity contribution in [3.63, 3.8) is 0 Å². The third-order valence-electron chi connectivity index (χ3n) is 1.80. The van der Waals surface area contributed by atoms with Gasteiger partial charge < -0.3 is 0 Å². The van der Waals surface area contributed by atoms with Crippen LogP contribution in [0.15, 0.2) is 0 Å². The number of hydrogen-bond donors (Lipinski definition) is 4. The molecule has 3 unspecified atom stereocenters. The van der Waals surface area contributed by atoms with Gasteiger partial charge in [-0.25, -0.2) is 0 Å². The van der Waals surface area contributed by atoms with E-state index in [2.05, 4.69) is 4.18 Å². The summed E-state index contributed by atoms with van der Waals surface area (Å²) in [5.74, 6) is 0. The van der Waals surface area contributed by atoms with Crippen LogP contribution in [0.2, 0.25) is 16.6 Å². The third kappa shape index (κ3) is 8.78. The molecule has 0 saturated carbocycles. The topological polar surface area (TPSA) is 141 Å². The first-order valence-corrected chi connectivity index (χ1v) is 11.8. The molecular formula is C7H17AsO8S. The van der Waals surface area contributed by atoms with Crippen LogP contribution >= 0.6 is 0 Å². The number of hydrogen-bond acceptors (Lipinski definition) is 7. The van der Waals surface area contributed by atoms with Crippen LogP contribution in [0.25, 0.3) is 0 Å². The Hall–Kier alpha value is 0.108. The molecule has 3 atom stereocenters. The molecule has 0 bridgehead atoms. The van der Waals surface area contributed by atoms with Gasteiger partial charge in [0.2, 0.25) is 0 Å². The first-order valence-electron chi connectivity index (χ1n) is 4.62. The molecule has 0 aliphatic carbocycles. The van der Waals surface area contributed by atoms with Crippen molar-refractivity contribution < 1.29 is 36.2 Å². The Morgan fingerprint density at radius 3 is 2.00 bits per heavy atom. The van der Waals surface area contributed by atoms with E-state index in [1.165, 1.54) is 11.4 Å². The van der Waals surface area contributed by atoms with E-state index in [1.807, 2.05) is 0 Å². The SMILES string of the molecule is C[As](C)(=O)CC(O)C(O)C(O)COS(=O)(=O)O. The molecule has 8 nitrogen and oxygen atoms in total. The molecule has 104 valence electrons. The average Bonchev–Trinajstić information content (AvgIpc) is 2.08. The summed E-state index contributed by atoms with van der Waals surface area (Å²) in [5.41, 5.74) is 2.91. The molecule has 10 heteroatoms. The molecule has 0 spiro atoms. The fraction of sp³-hybridized carbons (Fsp3) is 1.00. The second-order valence-corrected chi connectivity index (χ2v) is 12.6. The van der Waals surface area contributed by atoms with E-state index in [0.717, 1.165) is 0 Å². The summed E-state index contributed by atoms with van der Waals surface area (Å²) in [6, 6.07) is 0. The number of rotatable bonds is 7. The van der Waals surface area contributed by atoms with Crippen LogP contribution in [0.4, 0.5) is 0 Å². The van der Waals surface area contributed by atoms with Gasteiger partial charge in [-0.2, -0.15) is 0 Å². The fourth-order valence-electron chi connectivity index (χ4n) is 1.07. The maximum atomic E-state index is 11.4. The first kappa shape index (κ1) is 17.1. The van der Waals surface area contributed by atoms with Crippen molar-refractivity contribution in [2.75, 3.05) is 6.61 Å². The average molecular weight is 336 g/mol. The van der Waals surface area contributed by atoms with Gasteiger partial charge in [-0.05, 0) is 0 Å². The number of aliphatic hydroxyl groups is 3. The quantitative estimate of drug-likeness (QED) is 0.326. The molecule has 0 aromatic heterocycles. The summed E-state index contributed by atoms with van der Waals surface area (Å²) in [6.45, 7) is -0.901. The van der Waals surface area contributed by atoms with Crippen molar-refractivity contribution in [2.45, 2.75) is 34.9 Å². The van der Waals surface area contributed by atoms with E-state index in [-0.39, 0.29) is 5.21 Å². The van der Waals surface area contributed by atoms with Gasteiger partial charge in [-0.1, -0.05) is 0 Å². The molecule has 0 saturated heterocycles. The molecule has 0 aromatic carbocycles. The first-order chi connectivity index (χ1) is 7.42. The minimum absolute atomic E-state index is 0.164. The van der Waals surface area contributed by atoms with Gasteiger partial charge in [0.25, 0.3) is 0 Å². The molecular weight excluding hydrogens is 319 g/mol. The van der Waals surface area contributed by atoms with Crippen molar-refractivity contribution in [2.24, 2.45) is 0 Å². The Morgan fingerprint density at radius 2 is 1.65 bits per heavy atom. The van der Waals surface area contributed by atoms with Crippen LogP contribution in [0, 0.1) is 0 Å². The van der Waals surface area contributed by atoms with E-state index in [9.17, 15) is 27.5 Å². The van der Waals surface area contributed by atoms with Crippen molar-refractivity contribution in [3.8, 4) is 0 Å². The van der Waals surface area contributed by atoms with Crippen LogP contribution in [0.5, 0.6) is 0 Å². The number of aliphatic hydroxyl groups excluding tert-OH is 3. The van der Waals surface area contributed by atoms with Crippen LogP contribution in [0.3, 0.4) is 0 Å². The summed E-state index contributed by atoms with van der Waals surface area (Å²) < 4.78 is 43.9. The van der Waals surface area contributed by atoms with Gasteiger partial charge in [0.1, 0.15) is 0 Å². The fourth-order valence-corrected chi connectivity index (χ4v) is 3.72. The summed E-state index contributed by atoms with van der Waals surface area (Å²) in [4.78, 5) is 0. The zero-order valence-corrected chi connectivity index (χ0v) is 12.1. The standard InChI is InChI=1S/C7H17AsO8S/c1-8(2,12)3-5(9)7(11)6(10)4-16-17(13,14)15/h5-7,9-11H,3-4H2,1-2H3,(H,13,14,15). The zero-order chi connectivity index (χ0) is 13.9. The molecule has 0 radical (unpaired) electrons. The van der Waals surface area contributed by atoms with Crippen molar-refractivity contribution in [1.82, 2.24) is 0 Å². The van der Waals surface area contributed by atoms with Crippen LogP contribution in [-0.2, 0) is 18.3 Å². The Labute approximate surface area is 102 Å². The second kappa shape index (κ2) is 6.33. The maximum absolute atomic E-state index is 11.4. The van der Waals surface area contributed by atoms with Gasteiger partial charge in [0.05, 0.1) is 0 Å². The molecule has 0 amide bonds. The molecule has 0 aliphatic rings. The van der Waals surface area contributed by atoms with Gasteiger partial charge >= 0.3 is 102 Å². The van der Waals surface area contributed by atoms with Gasteiger partial charge in [-0.15, -0.1) is 0 Å². The summed E-state index contributed by atoms with van der Waals surface area (Å²) in [7, 11) is -4.72. The van der Waals surface area contributed by atoms with Crippen LogP contribution in [0.1, 0.15) is 0 Å². The second-order valence-electron chi connectivity index (χ2n) is 4.09. The van der Waals surface area contributed by atoms with E-state index < -0.39 is 48.8 Å². The summed E-state index contributed by atoms with van der Waals surface area (Å²) in [6.07, 6.45) is -4.87. The van der Waals surface area contributed by atoms with Crippen molar-refractivity contribution in [3.05, 3.63) is 0 Å². The van der Waals surface area contributed by atoms with Gasteiger partial charge in [0, 0.05) is 0 Å². The molecule has 0 rings (SSSR count). The molecule has 0 aromatic rings. The molecule has 17 heavy (non-hydrogen) atoms. The third-order valence-corrected chi connectivity index (χ3v) is 4.87. The van der Waals surface area contributed by atoms with Gasteiger partial charge in [0.15, 0.2) is 0 Å². The van der Waals surface area contributed by atoms with E-state index in [0.29, 0.717) is 0 Å². The summed E-state index contributed by atoms with van der Waals surface area (Å²) in [5, 5.41) is 27.9. The van der Waals surface area contributed by atoms with E-state index in [4.69, 9.17) is 4.55 Å². The minimum atomic E-state index is -4.72. The Bertz CT molecular complexity index is 373. The van der Waals surface area contributed by atoms with Crippen LogP contribution < -0.4 is 0 Å². The predicted octanol–water partition coefficient (Wildman–Crippen LogP) is -1.48. The Kier molecular flexibility index (Phi) is 6.37. The Morgan fingerprint density at radius 1 is 1.18 bits per heavy atom. The molecule has 0 fully saturated rings. The van der Waals surface area contributed by atoms with Crippen LogP contribution in [-0.4, -0.2) is 66.7 Å². The monoisotopic (exact) mass is 336 g/mol.